The molecule has 86 valence electrons. The van der Waals surface area contributed by atoms with Crippen LogP contribution in [0.1, 0.15) is 25.0 Å². The zero-order valence-corrected chi connectivity index (χ0v) is 9.59. The van der Waals surface area contributed by atoms with Gasteiger partial charge in [0.25, 0.3) is 0 Å². The Balaban J connectivity index is 1.57. The van der Waals surface area contributed by atoms with E-state index >= 15 is 0 Å². The number of fused-ring (bicyclic) bond motifs is 1. The molecule has 4 rings (SSSR count). The second-order valence-corrected chi connectivity index (χ2v) is 5.31. The third-order valence-corrected chi connectivity index (χ3v) is 4.30. The minimum absolute atomic E-state index is 0.0106. The number of rotatable bonds is 2. The zero-order chi connectivity index (χ0) is 10.8. The summed E-state index contributed by atoms with van der Waals surface area (Å²) in [6, 6.07) is 2.97. The van der Waals surface area contributed by atoms with E-state index < -0.39 is 0 Å². The molecule has 0 N–H and O–H groups in total. The second kappa shape index (κ2) is 2.87. The van der Waals surface area contributed by atoms with E-state index in [1.54, 1.807) is 0 Å². The molecule has 3 aliphatic rings. The van der Waals surface area contributed by atoms with Crippen molar-refractivity contribution in [1.29, 1.82) is 0 Å². The molecular formula is C12H17N3O. The Morgan fingerprint density at radius 1 is 1.50 bits per heavy atom. The fraction of sp³-hybridized carbons (Fsp3) is 0.750. The smallest absolute Gasteiger partial charge is 0.139 e. The SMILES string of the molecule is Cn1nccc1[C@]12CCN(C3CC3)C[C@H]1O2. The number of piperidine rings is 1. The fourth-order valence-electron chi connectivity index (χ4n) is 3.15. The van der Waals surface area contributed by atoms with Gasteiger partial charge in [0.15, 0.2) is 0 Å². The van der Waals surface area contributed by atoms with E-state index in [4.69, 9.17) is 4.74 Å². The van der Waals surface area contributed by atoms with E-state index in [0.717, 1.165) is 19.0 Å². The zero-order valence-electron chi connectivity index (χ0n) is 9.59. The van der Waals surface area contributed by atoms with Crippen molar-refractivity contribution in [3.05, 3.63) is 18.0 Å². The minimum atomic E-state index is 0.0106. The van der Waals surface area contributed by atoms with Gasteiger partial charge in [-0.15, -0.1) is 0 Å². The maximum absolute atomic E-state index is 6.00. The molecular weight excluding hydrogens is 202 g/mol. The third kappa shape index (κ3) is 1.14. The van der Waals surface area contributed by atoms with Gasteiger partial charge < -0.3 is 4.74 Å². The van der Waals surface area contributed by atoms with Gasteiger partial charge in [0, 0.05) is 32.4 Å². The average Bonchev–Trinajstić information content (AvgIpc) is 3.17. The van der Waals surface area contributed by atoms with Crippen molar-refractivity contribution in [3.63, 3.8) is 0 Å². The quantitative estimate of drug-likeness (QED) is 0.692. The van der Waals surface area contributed by atoms with Crippen LogP contribution < -0.4 is 0 Å². The van der Waals surface area contributed by atoms with Gasteiger partial charge in [0.05, 0.1) is 5.69 Å². The first-order valence-corrected chi connectivity index (χ1v) is 6.20. The highest BCUT2D eigenvalue weighted by molar-refractivity contribution is 5.24. The highest BCUT2D eigenvalue weighted by Crippen LogP contribution is 2.52. The van der Waals surface area contributed by atoms with Crippen LogP contribution in [0.25, 0.3) is 0 Å². The number of hydrogen-bond acceptors (Lipinski definition) is 3. The molecule has 4 nitrogen and oxygen atoms in total. The van der Waals surface area contributed by atoms with Crippen LogP contribution in [-0.4, -0.2) is 39.9 Å². The van der Waals surface area contributed by atoms with Gasteiger partial charge in [-0.05, 0) is 25.3 Å². The van der Waals surface area contributed by atoms with Crippen LogP contribution in [0.3, 0.4) is 0 Å². The fourth-order valence-corrected chi connectivity index (χ4v) is 3.15. The highest BCUT2D eigenvalue weighted by Gasteiger charge is 2.62. The summed E-state index contributed by atoms with van der Waals surface area (Å²) < 4.78 is 7.96. The molecule has 0 amide bonds. The summed E-state index contributed by atoms with van der Waals surface area (Å²) in [4.78, 5) is 2.60. The predicted octanol–water partition coefficient (Wildman–Crippen LogP) is 0.882. The van der Waals surface area contributed by atoms with E-state index in [1.807, 2.05) is 17.9 Å². The van der Waals surface area contributed by atoms with Crippen LogP contribution in [-0.2, 0) is 17.4 Å². The first kappa shape index (κ1) is 9.19. The monoisotopic (exact) mass is 219 g/mol. The number of likely N-dealkylation sites (tertiary alicyclic amines) is 1. The summed E-state index contributed by atoms with van der Waals surface area (Å²) in [6.45, 7) is 2.31. The highest BCUT2D eigenvalue weighted by atomic mass is 16.6. The van der Waals surface area contributed by atoms with Crippen LogP contribution in [0.15, 0.2) is 12.3 Å². The van der Waals surface area contributed by atoms with Crippen molar-refractivity contribution in [2.24, 2.45) is 7.05 Å². The van der Waals surface area contributed by atoms with Crippen LogP contribution in [0.2, 0.25) is 0 Å². The van der Waals surface area contributed by atoms with Gasteiger partial charge in [-0.25, -0.2) is 0 Å². The van der Waals surface area contributed by atoms with Crippen molar-refractivity contribution >= 4 is 0 Å². The standard InChI is InChI=1S/C12H17N3O/c1-14-10(4-6-13-14)12-5-7-15(9-2-3-9)8-11(12)16-12/h4,6,9,11H,2-3,5,7-8H2,1H3/t11-,12-/m1/s1. The Bertz CT molecular complexity index is 426. The number of aromatic nitrogens is 2. The van der Waals surface area contributed by atoms with Crippen molar-refractivity contribution in [1.82, 2.24) is 14.7 Å². The topological polar surface area (TPSA) is 33.6 Å². The van der Waals surface area contributed by atoms with Gasteiger partial charge in [-0.3, -0.25) is 9.58 Å². The van der Waals surface area contributed by atoms with Gasteiger partial charge in [-0.1, -0.05) is 0 Å². The van der Waals surface area contributed by atoms with Crippen molar-refractivity contribution in [3.8, 4) is 0 Å². The molecule has 1 aromatic heterocycles. The summed E-state index contributed by atoms with van der Waals surface area (Å²) in [5.74, 6) is 0. The Labute approximate surface area is 95.2 Å². The van der Waals surface area contributed by atoms with Gasteiger partial charge in [-0.2, -0.15) is 5.10 Å². The molecule has 16 heavy (non-hydrogen) atoms. The summed E-state index contributed by atoms with van der Waals surface area (Å²) in [6.07, 6.45) is 6.21. The number of aryl methyl sites for hydroxylation is 1. The Morgan fingerprint density at radius 3 is 3.00 bits per heavy atom. The van der Waals surface area contributed by atoms with E-state index in [1.165, 1.54) is 25.1 Å². The van der Waals surface area contributed by atoms with Gasteiger partial charge >= 0.3 is 0 Å². The molecule has 3 fully saturated rings. The first-order valence-electron chi connectivity index (χ1n) is 6.20. The van der Waals surface area contributed by atoms with Gasteiger partial charge in [0.1, 0.15) is 11.7 Å². The first-order chi connectivity index (χ1) is 7.79. The molecule has 1 aliphatic carbocycles. The summed E-state index contributed by atoms with van der Waals surface area (Å²) in [7, 11) is 2.01. The summed E-state index contributed by atoms with van der Waals surface area (Å²) in [5.41, 5.74) is 1.27. The Morgan fingerprint density at radius 2 is 2.38 bits per heavy atom. The number of nitrogens with zero attached hydrogens (tertiary/aromatic N) is 3. The van der Waals surface area contributed by atoms with Crippen molar-refractivity contribution < 1.29 is 4.74 Å². The lowest BCUT2D eigenvalue weighted by Gasteiger charge is -2.28. The number of ether oxygens (including phenoxy) is 1. The molecule has 0 spiro atoms. The summed E-state index contributed by atoms with van der Waals surface area (Å²) in [5, 5.41) is 4.25. The molecule has 0 radical (unpaired) electrons. The minimum Gasteiger partial charge on any atom is -0.358 e. The van der Waals surface area contributed by atoms with Crippen LogP contribution in [0.4, 0.5) is 0 Å². The van der Waals surface area contributed by atoms with Crippen molar-refractivity contribution in [2.75, 3.05) is 13.1 Å². The maximum Gasteiger partial charge on any atom is 0.139 e. The lowest BCUT2D eigenvalue weighted by atomic mass is 9.93. The lowest BCUT2D eigenvalue weighted by Crippen LogP contribution is -2.40. The number of hydrogen-bond donors (Lipinski definition) is 0. The molecule has 1 aromatic rings. The molecule has 3 heterocycles. The lowest BCUT2D eigenvalue weighted by molar-refractivity contribution is 0.212. The molecule has 0 aromatic carbocycles. The Kier molecular flexibility index (Phi) is 1.65. The molecule has 1 saturated carbocycles. The molecule has 2 saturated heterocycles. The normalized spacial score (nSPS) is 38.4. The molecule has 0 bridgehead atoms. The van der Waals surface area contributed by atoms with E-state index in [0.29, 0.717) is 6.10 Å². The molecule has 4 heteroatoms. The molecule has 0 unspecified atom stereocenters. The van der Waals surface area contributed by atoms with Crippen molar-refractivity contribution in [2.45, 2.75) is 37.0 Å². The average molecular weight is 219 g/mol. The maximum atomic E-state index is 6.00. The van der Waals surface area contributed by atoms with E-state index in [-0.39, 0.29) is 5.60 Å². The second-order valence-electron chi connectivity index (χ2n) is 5.31. The molecule has 2 atom stereocenters. The summed E-state index contributed by atoms with van der Waals surface area (Å²) >= 11 is 0. The van der Waals surface area contributed by atoms with E-state index in [2.05, 4.69) is 16.1 Å². The largest absolute Gasteiger partial charge is 0.358 e. The third-order valence-electron chi connectivity index (χ3n) is 4.30. The van der Waals surface area contributed by atoms with Crippen LogP contribution >= 0.6 is 0 Å². The Hall–Kier alpha value is -0.870. The van der Waals surface area contributed by atoms with Gasteiger partial charge in [0.2, 0.25) is 0 Å². The molecule has 2 aliphatic heterocycles. The predicted molar refractivity (Wildman–Crippen MR) is 59.0 cm³/mol. The van der Waals surface area contributed by atoms with E-state index in [9.17, 15) is 0 Å². The van der Waals surface area contributed by atoms with Crippen LogP contribution in [0.5, 0.6) is 0 Å². The van der Waals surface area contributed by atoms with Crippen LogP contribution in [0, 0.1) is 0 Å². The number of epoxide rings is 1.